The maximum Gasteiger partial charge on any atom is 0.534 e. The highest BCUT2D eigenvalue weighted by Crippen LogP contribution is 2.37. The first kappa shape index (κ1) is 22.4. The van der Waals surface area contributed by atoms with Gasteiger partial charge in [0.15, 0.2) is 0 Å². The maximum atomic E-state index is 12.3. The fourth-order valence-corrected chi connectivity index (χ4v) is 3.96. The highest BCUT2D eigenvalue weighted by atomic mass is 35.5. The van der Waals surface area contributed by atoms with Crippen LogP contribution in [-0.4, -0.2) is 44.2 Å². The number of nitrogens with zero attached hydrogens (tertiary/aromatic N) is 1. The average Bonchev–Trinajstić information content (AvgIpc) is 2.52. The van der Waals surface area contributed by atoms with E-state index in [4.69, 9.17) is 11.6 Å². The molecule has 144 valence electrons. The van der Waals surface area contributed by atoms with Gasteiger partial charge in [-0.2, -0.15) is 21.6 Å². The Kier molecular flexibility index (Phi) is 8.37. The van der Waals surface area contributed by atoms with Crippen LogP contribution in [0.25, 0.3) is 0 Å². The lowest BCUT2D eigenvalue weighted by atomic mass is 10.1. The first-order valence-corrected chi connectivity index (χ1v) is 10.4. The molecule has 0 radical (unpaired) electrons. The van der Waals surface area contributed by atoms with Crippen molar-refractivity contribution in [3.63, 3.8) is 0 Å². The monoisotopic (exact) mass is 419 g/mol. The average molecular weight is 420 g/mol. The van der Waals surface area contributed by atoms with Crippen LogP contribution in [0.15, 0.2) is 23.1 Å². The van der Waals surface area contributed by atoms with Crippen LogP contribution in [0.2, 0.25) is 5.02 Å². The lowest BCUT2D eigenvalue weighted by molar-refractivity contribution is -0.0500. The molecule has 1 heterocycles. The van der Waals surface area contributed by atoms with E-state index in [0.717, 1.165) is 32.0 Å². The molecule has 0 N–H and O–H groups in total. The van der Waals surface area contributed by atoms with E-state index in [1.54, 1.807) is 0 Å². The third kappa shape index (κ3) is 6.54. The van der Waals surface area contributed by atoms with Gasteiger partial charge in [-0.05, 0) is 45.1 Å². The van der Waals surface area contributed by atoms with E-state index in [9.17, 15) is 21.6 Å². The van der Waals surface area contributed by atoms with E-state index in [1.165, 1.54) is 23.9 Å². The number of benzene rings is 1. The van der Waals surface area contributed by atoms with Crippen LogP contribution in [0.4, 0.5) is 13.2 Å². The molecule has 1 saturated heterocycles. The first-order valence-electron chi connectivity index (χ1n) is 7.74. The van der Waals surface area contributed by atoms with E-state index < -0.39 is 21.4 Å². The fourth-order valence-electron chi connectivity index (χ4n) is 2.09. The molecule has 0 aromatic heterocycles. The molecular formula is C15H21ClF3NO3S2. The highest BCUT2D eigenvalue weighted by Gasteiger charge is 2.48. The van der Waals surface area contributed by atoms with Gasteiger partial charge in [-0.1, -0.05) is 25.4 Å². The summed E-state index contributed by atoms with van der Waals surface area (Å²) in [6, 6.07) is 3.74. The molecule has 10 heteroatoms. The third-order valence-corrected chi connectivity index (χ3v) is 6.17. The second kappa shape index (κ2) is 9.34. The van der Waals surface area contributed by atoms with Crippen molar-refractivity contribution < 1.29 is 25.8 Å². The number of alkyl halides is 3. The quantitative estimate of drug-likeness (QED) is 0.519. The largest absolute Gasteiger partial charge is 0.534 e. The van der Waals surface area contributed by atoms with E-state index in [1.807, 2.05) is 20.9 Å². The van der Waals surface area contributed by atoms with E-state index in [-0.39, 0.29) is 5.02 Å². The summed E-state index contributed by atoms with van der Waals surface area (Å²) in [4.78, 5) is 2.91. The SMILES string of the molecule is CC.CN1CCC(Sc2ccc(OS(=O)(=O)C(F)(F)F)cc2Cl)CC1. The molecule has 0 spiro atoms. The second-order valence-corrected chi connectivity index (χ2v) is 8.48. The summed E-state index contributed by atoms with van der Waals surface area (Å²) in [6.07, 6.45) is 1.97. The molecule has 0 bridgehead atoms. The number of hydrogen-bond acceptors (Lipinski definition) is 5. The van der Waals surface area contributed by atoms with Gasteiger partial charge in [0.05, 0.1) is 5.02 Å². The lowest BCUT2D eigenvalue weighted by Crippen LogP contribution is -2.31. The van der Waals surface area contributed by atoms with Crippen molar-refractivity contribution in [3.8, 4) is 5.75 Å². The van der Waals surface area contributed by atoms with Gasteiger partial charge in [0.2, 0.25) is 0 Å². The Hall–Kier alpha value is -0.640. The summed E-state index contributed by atoms with van der Waals surface area (Å²) in [5, 5.41) is 0.540. The molecule has 1 aliphatic heterocycles. The summed E-state index contributed by atoms with van der Waals surface area (Å²) in [5.41, 5.74) is -5.47. The zero-order valence-electron chi connectivity index (χ0n) is 14.1. The van der Waals surface area contributed by atoms with Crippen molar-refractivity contribution in [2.24, 2.45) is 0 Å². The minimum Gasteiger partial charge on any atom is -0.376 e. The zero-order chi connectivity index (χ0) is 19.3. The van der Waals surface area contributed by atoms with Crippen molar-refractivity contribution in [3.05, 3.63) is 23.2 Å². The zero-order valence-corrected chi connectivity index (χ0v) is 16.5. The molecule has 0 unspecified atom stereocenters. The summed E-state index contributed by atoms with van der Waals surface area (Å²) in [6.45, 7) is 5.95. The molecular weight excluding hydrogens is 399 g/mol. The first-order chi connectivity index (χ1) is 11.6. The van der Waals surface area contributed by atoms with Gasteiger partial charge >= 0.3 is 15.6 Å². The van der Waals surface area contributed by atoms with Gasteiger partial charge in [-0.25, -0.2) is 0 Å². The van der Waals surface area contributed by atoms with Crippen molar-refractivity contribution in [2.45, 2.75) is 42.3 Å². The smallest absolute Gasteiger partial charge is 0.376 e. The van der Waals surface area contributed by atoms with Crippen LogP contribution in [0.1, 0.15) is 26.7 Å². The van der Waals surface area contributed by atoms with Crippen LogP contribution < -0.4 is 4.18 Å². The molecule has 2 rings (SSSR count). The summed E-state index contributed by atoms with van der Waals surface area (Å²) < 4.78 is 62.8. The highest BCUT2D eigenvalue weighted by molar-refractivity contribution is 8.00. The van der Waals surface area contributed by atoms with Crippen LogP contribution >= 0.6 is 23.4 Å². The Morgan fingerprint density at radius 2 is 1.80 bits per heavy atom. The van der Waals surface area contributed by atoms with E-state index in [2.05, 4.69) is 9.08 Å². The summed E-state index contributed by atoms with van der Waals surface area (Å²) in [7, 11) is -3.64. The number of hydrogen-bond donors (Lipinski definition) is 0. The van der Waals surface area contributed by atoms with Crippen molar-refractivity contribution in [1.29, 1.82) is 0 Å². The molecule has 0 atom stereocenters. The van der Waals surface area contributed by atoms with E-state index >= 15 is 0 Å². The molecule has 0 amide bonds. The minimum atomic E-state index is -5.68. The number of rotatable bonds is 4. The number of piperidine rings is 1. The molecule has 1 aliphatic rings. The van der Waals surface area contributed by atoms with Gasteiger partial charge in [0.25, 0.3) is 0 Å². The predicted octanol–water partition coefficient (Wildman–Crippen LogP) is 4.78. The van der Waals surface area contributed by atoms with Crippen LogP contribution in [0.3, 0.4) is 0 Å². The molecule has 1 aromatic carbocycles. The summed E-state index contributed by atoms with van der Waals surface area (Å²) >= 11 is 7.57. The van der Waals surface area contributed by atoms with Crippen molar-refractivity contribution in [2.75, 3.05) is 20.1 Å². The number of thioether (sulfide) groups is 1. The van der Waals surface area contributed by atoms with Gasteiger partial charge in [-0.3, -0.25) is 0 Å². The normalized spacial score (nSPS) is 16.9. The third-order valence-electron chi connectivity index (χ3n) is 3.35. The molecule has 1 aromatic rings. The topological polar surface area (TPSA) is 46.6 Å². The Balaban J connectivity index is 0.00000151. The predicted molar refractivity (Wildman–Crippen MR) is 94.8 cm³/mol. The van der Waals surface area contributed by atoms with Crippen LogP contribution in [0.5, 0.6) is 5.75 Å². The Morgan fingerprint density at radius 3 is 2.28 bits per heavy atom. The number of likely N-dealkylation sites (tertiary alicyclic amines) is 1. The fraction of sp³-hybridized carbons (Fsp3) is 0.600. The lowest BCUT2D eigenvalue weighted by Gasteiger charge is -2.28. The molecule has 1 fully saturated rings. The summed E-state index contributed by atoms with van der Waals surface area (Å²) in [5.74, 6) is -0.458. The minimum absolute atomic E-state index is 0.170. The Labute approximate surface area is 155 Å². The Bertz CT molecular complexity index is 660. The molecule has 0 saturated carbocycles. The Morgan fingerprint density at radius 1 is 1.24 bits per heavy atom. The molecule has 4 nitrogen and oxygen atoms in total. The van der Waals surface area contributed by atoms with Gasteiger partial charge in [-0.15, -0.1) is 11.8 Å². The van der Waals surface area contributed by atoms with Gasteiger partial charge in [0.1, 0.15) is 5.75 Å². The molecule has 25 heavy (non-hydrogen) atoms. The number of halogens is 4. The standard InChI is InChI=1S/C13H15ClF3NO3S2.C2H6/c1-18-6-4-10(5-7-18)22-12-3-2-9(8-11(12)14)21-23(19,20)13(15,16)17;1-2/h2-3,8,10H,4-7H2,1H3;1-2H3. The van der Waals surface area contributed by atoms with Crippen LogP contribution in [-0.2, 0) is 10.1 Å². The second-order valence-electron chi connectivity index (χ2n) is 5.20. The van der Waals surface area contributed by atoms with Gasteiger partial charge < -0.3 is 9.08 Å². The van der Waals surface area contributed by atoms with E-state index in [0.29, 0.717) is 10.1 Å². The van der Waals surface area contributed by atoms with Crippen molar-refractivity contribution in [1.82, 2.24) is 4.90 Å². The maximum absolute atomic E-state index is 12.3. The molecule has 0 aliphatic carbocycles. The van der Waals surface area contributed by atoms with Gasteiger partial charge in [0, 0.05) is 16.2 Å². The van der Waals surface area contributed by atoms with Crippen molar-refractivity contribution >= 4 is 33.5 Å². The van der Waals surface area contributed by atoms with Crippen LogP contribution in [0, 0.1) is 0 Å².